The molecule has 0 saturated carbocycles. The van der Waals surface area contributed by atoms with Crippen molar-refractivity contribution in [2.24, 2.45) is 0 Å². The lowest BCUT2D eigenvalue weighted by molar-refractivity contribution is -0.132. The van der Waals surface area contributed by atoms with Gasteiger partial charge in [0.1, 0.15) is 0 Å². The maximum atomic E-state index is 11.1. The predicted octanol–water partition coefficient (Wildman–Crippen LogP) is 5.72. The summed E-state index contributed by atoms with van der Waals surface area (Å²) in [6, 6.07) is 0. The molecule has 0 aliphatic carbocycles. The normalized spacial score (nSPS) is 11.8. The highest BCUT2D eigenvalue weighted by molar-refractivity contribution is 5.86. The first-order valence-electron chi connectivity index (χ1n) is 8.14. The summed E-state index contributed by atoms with van der Waals surface area (Å²) < 4.78 is 0. The maximum Gasteiger partial charge on any atom is 0.331 e. The Bertz CT molecular complexity index is 244. The Kier molecular flexibility index (Phi) is 13.1. The molecule has 2 heteroatoms. The number of unbranched alkanes of at least 4 members (excludes halogenated alkanes) is 9. The van der Waals surface area contributed by atoms with Crippen LogP contribution in [0.25, 0.3) is 0 Å². The molecule has 112 valence electrons. The fraction of sp³-hybridized carbons (Fsp3) is 0.824. The van der Waals surface area contributed by atoms with Crippen LogP contribution in [0.5, 0.6) is 0 Å². The molecule has 0 aromatic rings. The first kappa shape index (κ1) is 18.2. The summed E-state index contributed by atoms with van der Waals surface area (Å²) in [6.45, 7) is 4.37. The molecule has 19 heavy (non-hydrogen) atoms. The second kappa shape index (κ2) is 13.6. The van der Waals surface area contributed by atoms with Gasteiger partial charge in [-0.1, -0.05) is 71.3 Å². The van der Waals surface area contributed by atoms with Crippen LogP contribution in [-0.4, -0.2) is 11.1 Å². The van der Waals surface area contributed by atoms with Gasteiger partial charge in [-0.15, -0.1) is 0 Å². The van der Waals surface area contributed by atoms with Crippen LogP contribution in [0, 0.1) is 0 Å². The van der Waals surface area contributed by atoms with Gasteiger partial charge in [0.25, 0.3) is 0 Å². The Labute approximate surface area is 119 Å². The Morgan fingerprint density at radius 2 is 1.37 bits per heavy atom. The van der Waals surface area contributed by atoms with E-state index in [1.54, 1.807) is 0 Å². The number of allylic oxidation sites excluding steroid dienone is 1. The lowest BCUT2D eigenvalue weighted by Crippen LogP contribution is -2.00. The average molecular weight is 268 g/mol. The molecular weight excluding hydrogens is 236 g/mol. The molecule has 0 aromatic carbocycles. The molecule has 0 fully saturated rings. The molecule has 0 atom stereocenters. The highest BCUT2D eigenvalue weighted by atomic mass is 16.4. The van der Waals surface area contributed by atoms with Crippen molar-refractivity contribution in [2.45, 2.75) is 90.9 Å². The summed E-state index contributed by atoms with van der Waals surface area (Å²) in [5.74, 6) is -0.723. The Balaban J connectivity index is 3.64. The van der Waals surface area contributed by atoms with Crippen LogP contribution >= 0.6 is 0 Å². The summed E-state index contributed by atoms with van der Waals surface area (Å²) in [5, 5.41) is 9.10. The fourth-order valence-electron chi connectivity index (χ4n) is 2.24. The molecule has 0 heterocycles. The minimum atomic E-state index is -0.723. The molecule has 0 aliphatic rings. The standard InChI is InChI=1S/C17H32O2/c1-3-5-7-8-9-10-11-13-15-16(17(18)19)14-12-6-4-2/h15H,3-14H2,1-2H3,(H,18,19). The van der Waals surface area contributed by atoms with Crippen LogP contribution in [0.4, 0.5) is 0 Å². The second-order valence-corrected chi connectivity index (χ2v) is 5.40. The van der Waals surface area contributed by atoms with E-state index < -0.39 is 5.97 Å². The molecular formula is C17H32O2. The summed E-state index contributed by atoms with van der Waals surface area (Å²) in [6.07, 6.45) is 15.9. The second-order valence-electron chi connectivity index (χ2n) is 5.40. The number of hydrogen-bond donors (Lipinski definition) is 1. The van der Waals surface area contributed by atoms with Crippen molar-refractivity contribution in [1.82, 2.24) is 0 Å². The zero-order valence-corrected chi connectivity index (χ0v) is 12.9. The number of carboxylic acid groups (broad SMARTS) is 1. The minimum Gasteiger partial charge on any atom is -0.478 e. The van der Waals surface area contributed by atoms with Gasteiger partial charge in [-0.2, -0.15) is 0 Å². The van der Waals surface area contributed by atoms with Crippen LogP contribution in [0.1, 0.15) is 90.9 Å². The van der Waals surface area contributed by atoms with Crippen molar-refractivity contribution < 1.29 is 9.90 Å². The lowest BCUT2D eigenvalue weighted by Gasteiger charge is -2.03. The number of rotatable bonds is 13. The van der Waals surface area contributed by atoms with E-state index in [0.29, 0.717) is 5.57 Å². The number of aliphatic carboxylic acids is 1. The molecule has 0 unspecified atom stereocenters. The van der Waals surface area contributed by atoms with Crippen LogP contribution in [0.15, 0.2) is 11.6 Å². The van der Waals surface area contributed by atoms with Crippen LogP contribution in [0.3, 0.4) is 0 Å². The van der Waals surface area contributed by atoms with Gasteiger partial charge in [0.2, 0.25) is 0 Å². The van der Waals surface area contributed by atoms with E-state index in [9.17, 15) is 4.79 Å². The third kappa shape index (κ3) is 12.0. The van der Waals surface area contributed by atoms with Crippen molar-refractivity contribution in [2.75, 3.05) is 0 Å². The van der Waals surface area contributed by atoms with Crippen molar-refractivity contribution in [3.8, 4) is 0 Å². The first-order valence-corrected chi connectivity index (χ1v) is 8.14. The van der Waals surface area contributed by atoms with Crippen LogP contribution < -0.4 is 0 Å². The molecule has 0 aliphatic heterocycles. The highest BCUT2D eigenvalue weighted by Gasteiger charge is 2.05. The largest absolute Gasteiger partial charge is 0.478 e. The van der Waals surface area contributed by atoms with E-state index in [2.05, 4.69) is 13.8 Å². The van der Waals surface area contributed by atoms with Gasteiger partial charge in [-0.05, 0) is 25.7 Å². The highest BCUT2D eigenvalue weighted by Crippen LogP contribution is 2.13. The van der Waals surface area contributed by atoms with Crippen molar-refractivity contribution in [3.05, 3.63) is 11.6 Å². The van der Waals surface area contributed by atoms with Crippen molar-refractivity contribution in [3.63, 3.8) is 0 Å². The van der Waals surface area contributed by atoms with E-state index in [-0.39, 0.29) is 0 Å². The number of carboxylic acids is 1. The van der Waals surface area contributed by atoms with Crippen LogP contribution in [0.2, 0.25) is 0 Å². The Morgan fingerprint density at radius 1 is 0.842 bits per heavy atom. The van der Waals surface area contributed by atoms with E-state index in [1.807, 2.05) is 6.08 Å². The Morgan fingerprint density at radius 3 is 1.95 bits per heavy atom. The van der Waals surface area contributed by atoms with Gasteiger partial charge in [0, 0.05) is 5.57 Å². The van der Waals surface area contributed by atoms with Crippen molar-refractivity contribution >= 4 is 5.97 Å². The number of carbonyl (C=O) groups is 1. The third-order valence-electron chi connectivity index (χ3n) is 3.52. The van der Waals surface area contributed by atoms with Gasteiger partial charge in [-0.3, -0.25) is 0 Å². The fourth-order valence-corrected chi connectivity index (χ4v) is 2.24. The summed E-state index contributed by atoms with van der Waals surface area (Å²) >= 11 is 0. The molecule has 0 rings (SSSR count). The van der Waals surface area contributed by atoms with E-state index >= 15 is 0 Å². The molecule has 2 nitrogen and oxygen atoms in total. The molecule has 0 radical (unpaired) electrons. The molecule has 0 aromatic heterocycles. The van der Waals surface area contributed by atoms with E-state index in [1.165, 1.54) is 38.5 Å². The molecule has 0 bridgehead atoms. The minimum absolute atomic E-state index is 0.624. The molecule has 0 amide bonds. The van der Waals surface area contributed by atoms with Crippen molar-refractivity contribution in [1.29, 1.82) is 0 Å². The lowest BCUT2D eigenvalue weighted by atomic mass is 10.0. The molecule has 1 N–H and O–H groups in total. The first-order chi connectivity index (χ1) is 9.22. The number of hydrogen-bond acceptors (Lipinski definition) is 1. The zero-order valence-electron chi connectivity index (χ0n) is 12.9. The van der Waals surface area contributed by atoms with Gasteiger partial charge in [-0.25, -0.2) is 4.79 Å². The van der Waals surface area contributed by atoms with E-state index in [4.69, 9.17) is 5.11 Å². The SMILES string of the molecule is CCCCCCCCCC=C(CCCCC)C(=O)O. The summed E-state index contributed by atoms with van der Waals surface area (Å²) in [5.41, 5.74) is 0.624. The monoisotopic (exact) mass is 268 g/mol. The molecule has 0 saturated heterocycles. The molecule has 0 spiro atoms. The van der Waals surface area contributed by atoms with Crippen LogP contribution in [-0.2, 0) is 4.79 Å². The van der Waals surface area contributed by atoms with E-state index in [0.717, 1.165) is 38.5 Å². The predicted molar refractivity (Wildman–Crippen MR) is 82.5 cm³/mol. The van der Waals surface area contributed by atoms with Gasteiger partial charge < -0.3 is 5.11 Å². The summed E-state index contributed by atoms with van der Waals surface area (Å²) in [7, 11) is 0. The van der Waals surface area contributed by atoms with Gasteiger partial charge >= 0.3 is 5.97 Å². The summed E-state index contributed by atoms with van der Waals surface area (Å²) in [4.78, 5) is 11.1. The zero-order chi connectivity index (χ0) is 14.3. The Hall–Kier alpha value is -0.790. The maximum absolute atomic E-state index is 11.1. The third-order valence-corrected chi connectivity index (χ3v) is 3.52. The quantitative estimate of drug-likeness (QED) is 0.343. The average Bonchev–Trinajstić information content (AvgIpc) is 2.39. The topological polar surface area (TPSA) is 37.3 Å². The van der Waals surface area contributed by atoms with Gasteiger partial charge in [0.05, 0.1) is 0 Å². The van der Waals surface area contributed by atoms with Gasteiger partial charge in [0.15, 0.2) is 0 Å². The smallest absolute Gasteiger partial charge is 0.331 e.